The molecule has 0 aliphatic carbocycles. The van der Waals surface area contributed by atoms with Gasteiger partial charge in [0.2, 0.25) is 10.0 Å². The predicted molar refractivity (Wildman–Crippen MR) is 197 cm³/mol. The Morgan fingerprint density at radius 1 is 0.860 bits per heavy atom. The molecule has 0 saturated heterocycles. The van der Waals surface area contributed by atoms with Gasteiger partial charge >= 0.3 is 7.60 Å². The van der Waals surface area contributed by atoms with Crippen molar-refractivity contribution < 1.29 is 31.7 Å². The summed E-state index contributed by atoms with van der Waals surface area (Å²) >= 11 is 0. The van der Waals surface area contributed by atoms with Crippen LogP contribution in [0.5, 0.6) is 5.75 Å². The molecule has 0 aliphatic rings. The summed E-state index contributed by atoms with van der Waals surface area (Å²) in [7, 11) is -7.20. The number of benzene rings is 4. The van der Waals surface area contributed by atoms with Crippen molar-refractivity contribution in [2.24, 2.45) is 11.7 Å². The van der Waals surface area contributed by atoms with Gasteiger partial charge in [-0.1, -0.05) is 98.3 Å². The number of hydrogen-bond donors (Lipinski definition) is 1. The smallest absolute Gasteiger partial charge is 0.368 e. The molecule has 268 valence electrons. The standard InChI is InChI=1S/C22H23O4P.C13H21N3O4S.C2H2/c1-19-12-14-22(15-13-19)24-18-27(23,25-16-20-8-4-2-5-9-20)26-17-21-10-6-3-7-11-21;1-11(2)10-15(8-4-7-14)21(19,20)13-6-3-5-12(9-13)16(17)18;1-2/h2-15H,16-18H2,1H3;3,5-6,9,11H,4,7-8,10,14H2,1-2H3;1-2H. The van der Waals surface area contributed by atoms with Gasteiger partial charge in [0.25, 0.3) is 5.69 Å². The molecule has 0 spiro atoms. The van der Waals surface area contributed by atoms with Gasteiger partial charge in [-0.25, -0.2) is 8.42 Å². The average molecular weight is 724 g/mol. The predicted octanol–water partition coefficient (Wildman–Crippen LogP) is 7.80. The van der Waals surface area contributed by atoms with E-state index in [2.05, 4.69) is 12.8 Å². The summed E-state index contributed by atoms with van der Waals surface area (Å²) in [5.41, 5.74) is 8.19. The van der Waals surface area contributed by atoms with Crippen molar-refractivity contribution in [3.8, 4) is 18.6 Å². The average Bonchev–Trinajstić information content (AvgIpc) is 3.13. The summed E-state index contributed by atoms with van der Waals surface area (Å²) in [5.74, 6) is 0.781. The van der Waals surface area contributed by atoms with Gasteiger partial charge in [-0.15, -0.1) is 12.8 Å². The normalized spacial score (nSPS) is 11.2. The van der Waals surface area contributed by atoms with Crippen LogP contribution in [0.15, 0.2) is 114 Å². The third-order valence-corrected chi connectivity index (χ3v) is 10.1. The molecule has 4 rings (SSSR count). The molecular weight excluding hydrogens is 677 g/mol. The lowest BCUT2D eigenvalue weighted by molar-refractivity contribution is -0.385. The molecule has 0 bridgehead atoms. The molecule has 2 N–H and O–H groups in total. The quantitative estimate of drug-likeness (QED) is 0.0498. The molecule has 0 aromatic heterocycles. The van der Waals surface area contributed by atoms with E-state index < -0.39 is 22.5 Å². The van der Waals surface area contributed by atoms with E-state index in [1.807, 2.05) is 106 Å². The Hall–Kier alpha value is -4.34. The molecular formula is C37H46N3O8PS. The zero-order chi connectivity index (χ0) is 37.0. The number of sulfonamides is 1. The van der Waals surface area contributed by atoms with Crippen LogP contribution in [0.3, 0.4) is 0 Å². The molecule has 0 fully saturated rings. The summed E-state index contributed by atoms with van der Waals surface area (Å²) in [6.45, 7) is 7.27. The minimum Gasteiger partial charge on any atom is -0.481 e. The first-order chi connectivity index (χ1) is 23.9. The van der Waals surface area contributed by atoms with Gasteiger partial charge in [0.15, 0.2) is 6.35 Å². The molecule has 11 nitrogen and oxygen atoms in total. The lowest BCUT2D eigenvalue weighted by atomic mass is 10.2. The largest absolute Gasteiger partial charge is 0.481 e. The first-order valence-corrected chi connectivity index (χ1v) is 19.0. The Kier molecular flexibility index (Phi) is 18.1. The first kappa shape index (κ1) is 41.8. The Labute approximate surface area is 296 Å². The molecule has 0 atom stereocenters. The summed E-state index contributed by atoms with van der Waals surface area (Å²) in [6, 6.07) is 31.9. The zero-order valence-corrected chi connectivity index (χ0v) is 30.4. The van der Waals surface area contributed by atoms with Crippen LogP contribution in [-0.4, -0.2) is 43.6 Å². The van der Waals surface area contributed by atoms with Gasteiger partial charge in [-0.3, -0.25) is 14.7 Å². The van der Waals surface area contributed by atoms with Crippen molar-refractivity contribution in [3.63, 3.8) is 0 Å². The van der Waals surface area contributed by atoms with Crippen LogP contribution in [0.25, 0.3) is 0 Å². The van der Waals surface area contributed by atoms with E-state index in [0.717, 1.165) is 22.8 Å². The van der Waals surface area contributed by atoms with E-state index in [9.17, 15) is 23.1 Å². The van der Waals surface area contributed by atoms with Gasteiger partial charge in [0.1, 0.15) is 5.75 Å². The van der Waals surface area contributed by atoms with Crippen LogP contribution < -0.4 is 10.5 Å². The van der Waals surface area contributed by atoms with Crippen LogP contribution in [0.2, 0.25) is 0 Å². The Balaban J connectivity index is 0.000000341. The SMILES string of the molecule is C#C.CC(C)CN(CCCN)S(=O)(=O)c1cccc([N+](=O)[O-])c1.Cc1ccc(OCP(=O)(OCc2ccccc2)OCc2ccccc2)cc1. The highest BCUT2D eigenvalue weighted by molar-refractivity contribution is 7.89. The molecule has 50 heavy (non-hydrogen) atoms. The monoisotopic (exact) mass is 723 g/mol. The minimum atomic E-state index is -3.75. The van der Waals surface area contributed by atoms with E-state index in [1.54, 1.807) is 0 Å². The first-order valence-electron chi connectivity index (χ1n) is 15.9. The fourth-order valence-electron chi connectivity index (χ4n) is 4.29. The van der Waals surface area contributed by atoms with Crippen molar-refractivity contribution in [1.82, 2.24) is 4.31 Å². The van der Waals surface area contributed by atoms with Crippen molar-refractivity contribution in [3.05, 3.63) is 136 Å². The second-order valence-electron chi connectivity index (χ2n) is 11.4. The second-order valence-corrected chi connectivity index (χ2v) is 15.3. The topological polar surface area (TPSA) is 151 Å². The Morgan fingerprint density at radius 2 is 1.40 bits per heavy atom. The third kappa shape index (κ3) is 14.6. The highest BCUT2D eigenvalue weighted by Crippen LogP contribution is 2.49. The molecule has 4 aromatic rings. The minimum absolute atomic E-state index is 0.0608. The molecule has 13 heteroatoms. The van der Waals surface area contributed by atoms with Gasteiger partial charge in [0.05, 0.1) is 23.0 Å². The van der Waals surface area contributed by atoms with E-state index in [0.29, 0.717) is 31.8 Å². The highest BCUT2D eigenvalue weighted by atomic mass is 32.2. The molecule has 0 unspecified atom stereocenters. The van der Waals surface area contributed by atoms with Crippen molar-refractivity contribution >= 4 is 23.3 Å². The van der Waals surface area contributed by atoms with Gasteiger partial charge in [0, 0.05) is 25.2 Å². The maximum absolute atomic E-state index is 13.2. The van der Waals surface area contributed by atoms with Gasteiger partial charge < -0.3 is 19.5 Å². The van der Waals surface area contributed by atoms with Crippen LogP contribution in [0.4, 0.5) is 5.69 Å². The number of aryl methyl sites for hydroxylation is 1. The highest BCUT2D eigenvalue weighted by Gasteiger charge is 2.27. The summed E-state index contributed by atoms with van der Waals surface area (Å²) in [6.07, 6.45) is 8.40. The molecule has 0 saturated carbocycles. The van der Waals surface area contributed by atoms with Crippen molar-refractivity contribution in [2.45, 2.75) is 45.3 Å². The van der Waals surface area contributed by atoms with Gasteiger partial charge in [-0.05, 0) is 55.1 Å². The number of ether oxygens (including phenoxy) is 1. The van der Waals surface area contributed by atoms with Crippen LogP contribution in [-0.2, 0) is 36.8 Å². The van der Waals surface area contributed by atoms with E-state index in [1.165, 1.54) is 22.5 Å². The molecule has 4 aromatic carbocycles. The van der Waals surface area contributed by atoms with Crippen LogP contribution in [0.1, 0.15) is 37.0 Å². The lowest BCUT2D eigenvalue weighted by Crippen LogP contribution is -2.35. The number of hydrogen-bond acceptors (Lipinski definition) is 9. The second kappa shape index (κ2) is 21.7. The Morgan fingerprint density at radius 3 is 1.88 bits per heavy atom. The fourth-order valence-corrected chi connectivity index (χ4v) is 7.19. The van der Waals surface area contributed by atoms with E-state index in [-0.39, 0.29) is 36.1 Å². The number of rotatable bonds is 17. The molecule has 0 heterocycles. The third-order valence-electron chi connectivity index (χ3n) is 6.80. The zero-order valence-electron chi connectivity index (χ0n) is 28.7. The van der Waals surface area contributed by atoms with Crippen LogP contribution >= 0.6 is 7.60 Å². The maximum atomic E-state index is 13.2. The summed E-state index contributed by atoms with van der Waals surface area (Å²) in [5, 5.41) is 10.8. The van der Waals surface area contributed by atoms with E-state index >= 15 is 0 Å². The van der Waals surface area contributed by atoms with Gasteiger partial charge in [-0.2, -0.15) is 4.31 Å². The van der Waals surface area contributed by atoms with Crippen molar-refractivity contribution in [1.29, 1.82) is 0 Å². The van der Waals surface area contributed by atoms with Crippen molar-refractivity contribution in [2.75, 3.05) is 26.0 Å². The lowest BCUT2D eigenvalue weighted by Gasteiger charge is -2.23. The fraction of sp³-hybridized carbons (Fsp3) is 0.297. The van der Waals surface area contributed by atoms with E-state index in [4.69, 9.17) is 19.5 Å². The number of terminal acetylenes is 1. The molecule has 0 radical (unpaired) electrons. The number of nitrogens with two attached hydrogens (primary N) is 1. The summed E-state index contributed by atoms with van der Waals surface area (Å²) in [4.78, 5) is 10.1. The molecule has 0 aliphatic heterocycles. The number of non-ortho nitro benzene ring substituents is 1. The number of nitrogens with zero attached hydrogens (tertiary/aromatic N) is 2. The van der Waals surface area contributed by atoms with Crippen LogP contribution in [0, 0.1) is 35.8 Å². The Bertz CT molecular complexity index is 1710. The maximum Gasteiger partial charge on any atom is 0.368 e. The summed E-state index contributed by atoms with van der Waals surface area (Å²) < 4.78 is 56.9. The number of nitro benzene ring substituents is 1. The molecule has 0 amide bonds. The number of nitro groups is 1.